The van der Waals surface area contributed by atoms with Gasteiger partial charge in [0.15, 0.2) is 17.5 Å². The molecule has 1 heterocycles. The van der Waals surface area contributed by atoms with Crippen LogP contribution in [0.1, 0.15) is 26.1 Å². The van der Waals surface area contributed by atoms with Crippen molar-refractivity contribution in [1.82, 2.24) is 14.9 Å². The molecule has 0 aliphatic carbocycles. The van der Waals surface area contributed by atoms with Gasteiger partial charge in [-0.25, -0.2) is 4.98 Å². The number of anilines is 1. The molecule has 0 amide bonds. The molecular weight excluding hydrogens is 542 g/mol. The minimum absolute atomic E-state index is 0. The van der Waals surface area contributed by atoms with Crippen molar-refractivity contribution in [3.63, 3.8) is 0 Å². The van der Waals surface area contributed by atoms with Gasteiger partial charge in [0.25, 0.3) is 0 Å². The molecule has 0 saturated heterocycles. The van der Waals surface area contributed by atoms with Crippen molar-refractivity contribution in [3.8, 4) is 11.5 Å². The van der Waals surface area contributed by atoms with Gasteiger partial charge in [-0.05, 0) is 26.0 Å². The standard InChI is InChI=1S/C20H28F3N5O3.HI/c1-5-24-18(27-14-7-8-15(31-6-2)16(13-14)30-4)26-10-9-19(29,20(21,22)23)17-25-11-12-28(17)3;/h7-8,11-13,29H,5-6,9-10H2,1-4H3,(H2,24,26,27);1H. The maximum absolute atomic E-state index is 13.6. The Bertz CT molecular complexity index is 892. The second-order valence-electron chi connectivity index (χ2n) is 6.65. The Hall–Kier alpha value is -2.22. The number of benzene rings is 1. The molecule has 180 valence electrons. The zero-order chi connectivity index (χ0) is 23.1. The molecule has 0 aliphatic rings. The van der Waals surface area contributed by atoms with E-state index in [1.807, 2.05) is 13.8 Å². The number of aromatic nitrogens is 2. The number of aliphatic hydroxyl groups is 1. The Labute approximate surface area is 202 Å². The van der Waals surface area contributed by atoms with Crippen LogP contribution in [0.4, 0.5) is 18.9 Å². The number of nitrogens with zero attached hydrogens (tertiary/aromatic N) is 3. The highest BCUT2D eigenvalue weighted by molar-refractivity contribution is 14.0. The minimum Gasteiger partial charge on any atom is -0.493 e. The van der Waals surface area contributed by atoms with E-state index in [4.69, 9.17) is 9.47 Å². The summed E-state index contributed by atoms with van der Waals surface area (Å²) in [6.45, 7) is 4.35. The SMILES string of the molecule is CCNC(=NCCC(O)(c1nccn1C)C(F)(F)F)Nc1ccc(OCC)c(OC)c1.I. The molecular formula is C20H29F3IN5O3. The highest BCUT2D eigenvalue weighted by atomic mass is 127. The number of hydrogen-bond acceptors (Lipinski definition) is 5. The predicted octanol–water partition coefficient (Wildman–Crippen LogP) is 3.66. The third-order valence-corrected chi connectivity index (χ3v) is 4.47. The Morgan fingerprint density at radius 3 is 2.50 bits per heavy atom. The van der Waals surface area contributed by atoms with Crippen LogP contribution in [-0.2, 0) is 12.6 Å². The van der Waals surface area contributed by atoms with Gasteiger partial charge in [-0.1, -0.05) is 0 Å². The third-order valence-electron chi connectivity index (χ3n) is 4.47. The second kappa shape index (κ2) is 12.1. The van der Waals surface area contributed by atoms with E-state index < -0.39 is 24.0 Å². The van der Waals surface area contributed by atoms with E-state index in [0.29, 0.717) is 30.3 Å². The summed E-state index contributed by atoms with van der Waals surface area (Å²) in [4.78, 5) is 7.87. The molecule has 12 heteroatoms. The van der Waals surface area contributed by atoms with Crippen molar-refractivity contribution < 1.29 is 27.8 Å². The average Bonchev–Trinajstić information content (AvgIpc) is 3.14. The lowest BCUT2D eigenvalue weighted by Gasteiger charge is -2.29. The summed E-state index contributed by atoms with van der Waals surface area (Å²) in [7, 11) is 2.91. The number of nitrogens with one attached hydrogen (secondary N) is 2. The molecule has 0 radical (unpaired) electrons. The Morgan fingerprint density at radius 2 is 1.97 bits per heavy atom. The van der Waals surface area contributed by atoms with Crippen LogP contribution in [0, 0.1) is 0 Å². The van der Waals surface area contributed by atoms with E-state index in [1.165, 1.54) is 26.6 Å². The number of aliphatic imine (C=N–C) groups is 1. The smallest absolute Gasteiger partial charge is 0.424 e. The summed E-state index contributed by atoms with van der Waals surface area (Å²) in [5.41, 5.74) is -2.51. The first-order valence-corrected chi connectivity index (χ1v) is 9.79. The van der Waals surface area contributed by atoms with Gasteiger partial charge in [0.2, 0.25) is 5.60 Å². The van der Waals surface area contributed by atoms with Gasteiger partial charge in [-0.3, -0.25) is 4.99 Å². The van der Waals surface area contributed by atoms with Crippen LogP contribution in [0.25, 0.3) is 0 Å². The summed E-state index contributed by atoms with van der Waals surface area (Å²) in [5.74, 6) is 0.856. The van der Waals surface area contributed by atoms with E-state index in [-0.39, 0.29) is 36.5 Å². The van der Waals surface area contributed by atoms with E-state index in [0.717, 1.165) is 4.57 Å². The van der Waals surface area contributed by atoms with Gasteiger partial charge >= 0.3 is 6.18 Å². The normalized spacial score (nSPS) is 13.7. The monoisotopic (exact) mass is 571 g/mol. The number of ether oxygens (including phenoxy) is 2. The van der Waals surface area contributed by atoms with Crippen LogP contribution in [-0.4, -0.2) is 53.6 Å². The first-order valence-electron chi connectivity index (χ1n) is 9.79. The van der Waals surface area contributed by atoms with Gasteiger partial charge in [0.1, 0.15) is 5.82 Å². The molecule has 2 rings (SSSR count). The topological polar surface area (TPSA) is 92.9 Å². The van der Waals surface area contributed by atoms with Gasteiger partial charge in [0.05, 0.1) is 13.7 Å². The van der Waals surface area contributed by atoms with Crippen LogP contribution >= 0.6 is 24.0 Å². The molecule has 0 fully saturated rings. The lowest BCUT2D eigenvalue weighted by Crippen LogP contribution is -2.45. The molecule has 32 heavy (non-hydrogen) atoms. The minimum atomic E-state index is -4.91. The van der Waals surface area contributed by atoms with Gasteiger partial charge in [-0.2, -0.15) is 13.2 Å². The van der Waals surface area contributed by atoms with E-state index >= 15 is 0 Å². The van der Waals surface area contributed by atoms with Crippen LogP contribution in [0.3, 0.4) is 0 Å². The summed E-state index contributed by atoms with van der Waals surface area (Å²) < 4.78 is 52.8. The molecule has 3 N–H and O–H groups in total. The summed E-state index contributed by atoms with van der Waals surface area (Å²) in [6, 6.07) is 5.15. The third kappa shape index (κ3) is 6.64. The van der Waals surface area contributed by atoms with Crippen molar-refractivity contribution in [2.45, 2.75) is 32.0 Å². The lowest BCUT2D eigenvalue weighted by molar-refractivity contribution is -0.272. The number of aryl methyl sites for hydroxylation is 1. The number of imidazole rings is 1. The molecule has 0 aliphatic heterocycles. The number of methoxy groups -OCH3 is 1. The second-order valence-corrected chi connectivity index (χ2v) is 6.65. The van der Waals surface area contributed by atoms with Crippen LogP contribution in [0.15, 0.2) is 35.6 Å². The molecule has 0 spiro atoms. The Balaban J connectivity index is 0.00000512. The van der Waals surface area contributed by atoms with Crippen LogP contribution in [0.2, 0.25) is 0 Å². The highest BCUT2D eigenvalue weighted by Gasteiger charge is 2.57. The van der Waals surface area contributed by atoms with Crippen molar-refractivity contribution >= 4 is 35.6 Å². The Morgan fingerprint density at radius 1 is 1.25 bits per heavy atom. The number of guanidine groups is 1. The highest BCUT2D eigenvalue weighted by Crippen LogP contribution is 2.40. The maximum Gasteiger partial charge on any atom is 0.424 e. The maximum atomic E-state index is 13.6. The van der Waals surface area contributed by atoms with Gasteiger partial charge in [0, 0.05) is 50.7 Å². The zero-order valence-electron chi connectivity index (χ0n) is 18.4. The largest absolute Gasteiger partial charge is 0.493 e. The molecule has 0 saturated carbocycles. The fourth-order valence-corrected chi connectivity index (χ4v) is 2.94. The molecule has 0 bridgehead atoms. The molecule has 1 atom stereocenters. The first kappa shape index (κ1) is 27.8. The summed E-state index contributed by atoms with van der Waals surface area (Å²) in [6.07, 6.45) is -3.04. The van der Waals surface area contributed by atoms with E-state index in [9.17, 15) is 18.3 Å². The molecule has 2 aromatic rings. The molecule has 8 nitrogen and oxygen atoms in total. The van der Waals surface area contributed by atoms with Crippen molar-refractivity contribution in [1.29, 1.82) is 0 Å². The van der Waals surface area contributed by atoms with Gasteiger partial charge in [-0.15, -0.1) is 24.0 Å². The number of hydrogen-bond donors (Lipinski definition) is 3. The van der Waals surface area contributed by atoms with Crippen molar-refractivity contribution in [3.05, 3.63) is 36.4 Å². The molecule has 1 unspecified atom stereocenters. The Kier molecular flexibility index (Phi) is 10.5. The average molecular weight is 571 g/mol. The fraction of sp³-hybridized carbons (Fsp3) is 0.500. The fourth-order valence-electron chi connectivity index (χ4n) is 2.94. The lowest BCUT2D eigenvalue weighted by atomic mass is 9.98. The molecule has 1 aromatic heterocycles. The number of alkyl halides is 3. The zero-order valence-corrected chi connectivity index (χ0v) is 20.7. The van der Waals surface area contributed by atoms with Crippen LogP contribution in [0.5, 0.6) is 11.5 Å². The predicted molar refractivity (Wildman–Crippen MR) is 127 cm³/mol. The van der Waals surface area contributed by atoms with Crippen molar-refractivity contribution in [2.24, 2.45) is 12.0 Å². The van der Waals surface area contributed by atoms with E-state index in [1.54, 1.807) is 18.2 Å². The summed E-state index contributed by atoms with van der Waals surface area (Å²) in [5, 5.41) is 16.4. The van der Waals surface area contributed by atoms with Crippen LogP contribution < -0.4 is 20.1 Å². The molecule has 1 aromatic carbocycles. The van der Waals surface area contributed by atoms with Gasteiger partial charge < -0.3 is 29.8 Å². The first-order chi connectivity index (χ1) is 14.7. The number of halogens is 4. The van der Waals surface area contributed by atoms with Crippen molar-refractivity contribution in [2.75, 3.05) is 32.1 Å². The van der Waals surface area contributed by atoms with E-state index in [2.05, 4.69) is 20.6 Å². The number of rotatable bonds is 9. The quantitative estimate of drug-likeness (QED) is 0.242. The summed E-state index contributed by atoms with van der Waals surface area (Å²) >= 11 is 0.